The second-order valence-electron chi connectivity index (χ2n) is 6.20. The van der Waals surface area contributed by atoms with Crippen LogP contribution in [0.5, 0.6) is 0 Å². The average Bonchev–Trinajstić information content (AvgIpc) is 2.84. The SMILES string of the molecule is C(/C=N/N(c1ccccc1)c1ccccn1)=N\N(c1ccccc1)c1ccccn1. The van der Waals surface area contributed by atoms with Gasteiger partial charge in [-0.05, 0) is 48.5 Å². The summed E-state index contributed by atoms with van der Waals surface area (Å²) in [6.07, 6.45) is 6.77. The van der Waals surface area contributed by atoms with Crippen molar-refractivity contribution >= 4 is 35.4 Å². The van der Waals surface area contributed by atoms with E-state index in [2.05, 4.69) is 20.2 Å². The van der Waals surface area contributed by atoms with Crippen LogP contribution in [0.4, 0.5) is 23.0 Å². The Morgan fingerprint density at radius 2 is 0.900 bits per heavy atom. The highest BCUT2D eigenvalue weighted by Crippen LogP contribution is 2.24. The summed E-state index contributed by atoms with van der Waals surface area (Å²) in [5, 5.41) is 12.7. The minimum absolute atomic E-state index is 0.720. The number of rotatable bonds is 7. The first kappa shape index (κ1) is 19.0. The summed E-state index contributed by atoms with van der Waals surface area (Å²) in [5.74, 6) is 1.44. The Morgan fingerprint density at radius 3 is 1.27 bits per heavy atom. The van der Waals surface area contributed by atoms with Crippen LogP contribution >= 0.6 is 0 Å². The summed E-state index contributed by atoms with van der Waals surface area (Å²) in [7, 11) is 0. The minimum atomic E-state index is 0.720. The first-order valence-corrected chi connectivity index (χ1v) is 9.51. The molecule has 2 heterocycles. The van der Waals surface area contributed by atoms with Crippen LogP contribution < -0.4 is 10.0 Å². The zero-order chi connectivity index (χ0) is 20.4. The third-order valence-electron chi connectivity index (χ3n) is 4.17. The van der Waals surface area contributed by atoms with Crippen LogP contribution in [0, 0.1) is 0 Å². The number of pyridine rings is 2. The Labute approximate surface area is 175 Å². The molecule has 30 heavy (non-hydrogen) atoms. The van der Waals surface area contributed by atoms with Gasteiger partial charge in [0.15, 0.2) is 11.6 Å². The Bertz CT molecular complexity index is 914. The number of hydrogen-bond acceptors (Lipinski definition) is 6. The third kappa shape index (κ3) is 4.74. The van der Waals surface area contributed by atoms with Crippen LogP contribution in [-0.4, -0.2) is 22.4 Å². The fraction of sp³-hybridized carbons (Fsp3) is 0. The minimum Gasteiger partial charge on any atom is -0.237 e. The number of para-hydroxylation sites is 2. The number of anilines is 4. The monoisotopic (exact) mass is 392 g/mol. The van der Waals surface area contributed by atoms with Gasteiger partial charge in [-0.1, -0.05) is 48.5 Å². The first-order chi connectivity index (χ1) is 14.9. The molecule has 4 aromatic rings. The number of nitrogens with zero attached hydrogens (tertiary/aromatic N) is 6. The van der Waals surface area contributed by atoms with Gasteiger partial charge in [0, 0.05) is 12.4 Å². The topological polar surface area (TPSA) is 57.0 Å². The van der Waals surface area contributed by atoms with Gasteiger partial charge in [-0.15, -0.1) is 0 Å². The van der Waals surface area contributed by atoms with Crippen LogP contribution in [0.15, 0.2) is 120 Å². The van der Waals surface area contributed by atoms with E-state index in [0.29, 0.717) is 0 Å². The molecule has 6 heteroatoms. The van der Waals surface area contributed by atoms with Crippen molar-refractivity contribution in [1.29, 1.82) is 0 Å². The van der Waals surface area contributed by atoms with Crippen molar-refractivity contribution in [2.75, 3.05) is 10.0 Å². The average molecular weight is 392 g/mol. The van der Waals surface area contributed by atoms with Crippen LogP contribution in [0.1, 0.15) is 0 Å². The second-order valence-corrected chi connectivity index (χ2v) is 6.20. The lowest BCUT2D eigenvalue weighted by Crippen LogP contribution is -2.12. The van der Waals surface area contributed by atoms with E-state index in [4.69, 9.17) is 0 Å². The summed E-state index contributed by atoms with van der Waals surface area (Å²) in [6, 6.07) is 31.1. The Morgan fingerprint density at radius 1 is 0.500 bits per heavy atom. The standard InChI is InChI=1S/C24H20N6/c1-3-11-21(12-4-1)29(23-15-7-9-17-25-23)27-19-20-28-30(22-13-5-2-6-14-22)24-16-8-10-18-26-24/h1-20H/b27-19+,28-20+. The molecule has 0 fully saturated rings. The lowest BCUT2D eigenvalue weighted by Gasteiger charge is -2.18. The van der Waals surface area contributed by atoms with E-state index in [-0.39, 0.29) is 0 Å². The van der Waals surface area contributed by atoms with E-state index in [1.165, 1.54) is 0 Å². The molecule has 4 rings (SSSR count). The molecule has 2 aromatic carbocycles. The highest BCUT2D eigenvalue weighted by atomic mass is 15.5. The van der Waals surface area contributed by atoms with Crippen molar-refractivity contribution in [3.63, 3.8) is 0 Å². The molecule has 0 spiro atoms. The van der Waals surface area contributed by atoms with E-state index in [9.17, 15) is 0 Å². The molecule has 0 saturated carbocycles. The number of hydrogen-bond donors (Lipinski definition) is 0. The molecule has 146 valence electrons. The predicted molar refractivity (Wildman–Crippen MR) is 123 cm³/mol. The van der Waals surface area contributed by atoms with Crippen molar-refractivity contribution in [1.82, 2.24) is 9.97 Å². The molecule has 0 N–H and O–H groups in total. The van der Waals surface area contributed by atoms with Crippen molar-refractivity contribution < 1.29 is 0 Å². The Balaban J connectivity index is 1.61. The molecule has 2 aromatic heterocycles. The zero-order valence-electron chi connectivity index (χ0n) is 16.2. The molecule has 0 aliphatic rings. The summed E-state index contributed by atoms with van der Waals surface area (Å²) in [4.78, 5) is 8.82. The van der Waals surface area contributed by atoms with Gasteiger partial charge in [0.2, 0.25) is 0 Å². The fourth-order valence-corrected chi connectivity index (χ4v) is 2.81. The molecule has 0 bridgehead atoms. The summed E-state index contributed by atoms with van der Waals surface area (Å²) >= 11 is 0. The van der Waals surface area contributed by atoms with E-state index >= 15 is 0 Å². The molecule has 0 unspecified atom stereocenters. The number of aromatic nitrogens is 2. The lowest BCUT2D eigenvalue weighted by molar-refractivity contribution is 1.04. The van der Waals surface area contributed by atoms with Crippen LogP contribution in [0.25, 0.3) is 0 Å². The van der Waals surface area contributed by atoms with E-state index in [0.717, 1.165) is 23.0 Å². The fourth-order valence-electron chi connectivity index (χ4n) is 2.81. The Kier molecular flexibility index (Phi) is 6.18. The van der Waals surface area contributed by atoms with Crippen LogP contribution in [-0.2, 0) is 0 Å². The smallest absolute Gasteiger partial charge is 0.153 e. The first-order valence-electron chi connectivity index (χ1n) is 9.51. The summed E-state index contributed by atoms with van der Waals surface area (Å²) in [6.45, 7) is 0. The number of benzene rings is 2. The molecule has 0 aliphatic heterocycles. The Hall–Kier alpha value is -4.32. The molecule has 0 radical (unpaired) electrons. The molecular weight excluding hydrogens is 372 g/mol. The number of hydrazone groups is 2. The second kappa shape index (κ2) is 9.75. The summed E-state index contributed by atoms with van der Waals surface area (Å²) < 4.78 is 0. The highest BCUT2D eigenvalue weighted by Gasteiger charge is 2.09. The highest BCUT2D eigenvalue weighted by molar-refractivity contribution is 6.16. The van der Waals surface area contributed by atoms with Crippen molar-refractivity contribution in [2.45, 2.75) is 0 Å². The van der Waals surface area contributed by atoms with E-state index in [1.807, 2.05) is 97.1 Å². The van der Waals surface area contributed by atoms with E-state index in [1.54, 1.807) is 34.8 Å². The van der Waals surface area contributed by atoms with Gasteiger partial charge < -0.3 is 0 Å². The molecular formula is C24H20N6. The maximum Gasteiger partial charge on any atom is 0.153 e. The van der Waals surface area contributed by atoms with Crippen LogP contribution in [0.2, 0.25) is 0 Å². The van der Waals surface area contributed by atoms with E-state index < -0.39 is 0 Å². The maximum absolute atomic E-state index is 4.57. The van der Waals surface area contributed by atoms with Crippen molar-refractivity contribution in [3.05, 3.63) is 109 Å². The molecule has 0 atom stereocenters. The van der Waals surface area contributed by atoms with Crippen molar-refractivity contribution in [2.24, 2.45) is 10.2 Å². The van der Waals surface area contributed by atoms with Gasteiger partial charge in [-0.2, -0.15) is 10.2 Å². The molecule has 6 nitrogen and oxygen atoms in total. The summed E-state index contributed by atoms with van der Waals surface area (Å²) in [5.41, 5.74) is 1.82. The van der Waals surface area contributed by atoms with Gasteiger partial charge in [-0.3, -0.25) is 0 Å². The van der Waals surface area contributed by atoms with Gasteiger partial charge in [0.05, 0.1) is 23.8 Å². The zero-order valence-corrected chi connectivity index (χ0v) is 16.2. The molecule has 0 saturated heterocycles. The van der Waals surface area contributed by atoms with Gasteiger partial charge >= 0.3 is 0 Å². The maximum atomic E-state index is 4.57. The van der Waals surface area contributed by atoms with Gasteiger partial charge in [0.1, 0.15) is 0 Å². The molecule has 0 aliphatic carbocycles. The van der Waals surface area contributed by atoms with Crippen LogP contribution in [0.3, 0.4) is 0 Å². The van der Waals surface area contributed by atoms with Crippen molar-refractivity contribution in [3.8, 4) is 0 Å². The van der Waals surface area contributed by atoms with Gasteiger partial charge in [0.25, 0.3) is 0 Å². The third-order valence-corrected chi connectivity index (χ3v) is 4.17. The largest absolute Gasteiger partial charge is 0.237 e. The van der Waals surface area contributed by atoms with Gasteiger partial charge in [-0.25, -0.2) is 20.0 Å². The quantitative estimate of drug-likeness (QED) is 0.311. The lowest BCUT2D eigenvalue weighted by atomic mass is 10.3. The normalized spacial score (nSPS) is 11.1. The molecule has 0 amide bonds. The predicted octanol–water partition coefficient (Wildman–Crippen LogP) is 5.42.